The highest BCUT2D eigenvalue weighted by Gasteiger charge is 2.15. The number of nitrogens with zero attached hydrogens (tertiary/aromatic N) is 4. The minimum absolute atomic E-state index is 0.0231. The van der Waals surface area contributed by atoms with Gasteiger partial charge in [-0.25, -0.2) is 4.68 Å². The van der Waals surface area contributed by atoms with Crippen LogP contribution in [0.1, 0.15) is 6.92 Å². The van der Waals surface area contributed by atoms with E-state index in [1.807, 2.05) is 0 Å². The second kappa shape index (κ2) is 6.43. The van der Waals surface area contributed by atoms with Crippen molar-refractivity contribution < 1.29 is 0 Å². The van der Waals surface area contributed by atoms with Crippen molar-refractivity contribution in [1.29, 1.82) is 0 Å². The molecule has 1 aromatic rings. The van der Waals surface area contributed by atoms with Gasteiger partial charge < -0.3 is 9.80 Å². The highest BCUT2D eigenvalue weighted by atomic mass is 32.1. The molecule has 106 valence electrons. The van der Waals surface area contributed by atoms with E-state index >= 15 is 0 Å². The first-order valence-corrected chi connectivity index (χ1v) is 7.35. The summed E-state index contributed by atoms with van der Waals surface area (Å²) in [5.41, 5.74) is 0.915. The zero-order valence-corrected chi connectivity index (χ0v) is 12.5. The fourth-order valence-corrected chi connectivity index (χ4v) is 2.27. The molecule has 1 aliphatic heterocycles. The number of piperazine rings is 1. The van der Waals surface area contributed by atoms with Gasteiger partial charge in [0.25, 0.3) is 5.56 Å². The van der Waals surface area contributed by atoms with Crippen LogP contribution in [0.2, 0.25) is 0 Å². The van der Waals surface area contributed by atoms with Crippen LogP contribution in [-0.4, -0.2) is 53.7 Å². The molecule has 0 aliphatic carbocycles. The van der Waals surface area contributed by atoms with Gasteiger partial charge in [-0.2, -0.15) is 17.7 Å². The lowest BCUT2D eigenvalue weighted by Crippen LogP contribution is -2.45. The molecule has 6 heteroatoms. The first-order chi connectivity index (χ1) is 9.10. The Kier molecular flexibility index (Phi) is 4.87. The molecule has 0 bridgehead atoms. The molecule has 2 heterocycles. The molecule has 0 spiro atoms. The first kappa shape index (κ1) is 14.4. The van der Waals surface area contributed by atoms with Gasteiger partial charge in [0.15, 0.2) is 0 Å². The maximum atomic E-state index is 12.0. The normalized spacial score (nSPS) is 18.6. The van der Waals surface area contributed by atoms with Gasteiger partial charge >= 0.3 is 0 Å². The number of rotatable bonds is 4. The molecule has 19 heavy (non-hydrogen) atoms. The quantitative estimate of drug-likeness (QED) is 0.820. The molecule has 5 nitrogen and oxygen atoms in total. The van der Waals surface area contributed by atoms with Crippen LogP contribution in [-0.2, 0) is 6.54 Å². The van der Waals surface area contributed by atoms with Gasteiger partial charge in [-0.05, 0) is 18.7 Å². The summed E-state index contributed by atoms with van der Waals surface area (Å²) in [6, 6.07) is 1.70. The van der Waals surface area contributed by atoms with E-state index in [0.29, 0.717) is 12.5 Å². The van der Waals surface area contributed by atoms with Crippen molar-refractivity contribution in [2.24, 2.45) is 5.92 Å². The molecule has 0 amide bonds. The lowest BCUT2D eigenvalue weighted by atomic mass is 10.2. The summed E-state index contributed by atoms with van der Waals surface area (Å²) >= 11 is 4.24. The molecule has 0 radical (unpaired) electrons. The van der Waals surface area contributed by atoms with Gasteiger partial charge in [-0.3, -0.25) is 4.79 Å². The molecule has 1 fully saturated rings. The van der Waals surface area contributed by atoms with Crippen LogP contribution in [0.25, 0.3) is 0 Å². The van der Waals surface area contributed by atoms with E-state index in [9.17, 15) is 4.79 Å². The molecule has 2 rings (SSSR count). The van der Waals surface area contributed by atoms with Gasteiger partial charge in [-0.15, -0.1) is 0 Å². The summed E-state index contributed by atoms with van der Waals surface area (Å²) in [4.78, 5) is 16.6. The van der Waals surface area contributed by atoms with E-state index in [0.717, 1.165) is 37.6 Å². The summed E-state index contributed by atoms with van der Waals surface area (Å²) in [5, 5.41) is 4.28. The Morgan fingerprint density at radius 3 is 2.63 bits per heavy atom. The molecule has 1 aromatic heterocycles. The minimum Gasteiger partial charge on any atom is -0.368 e. The third-order valence-corrected chi connectivity index (χ3v) is 4.14. The highest BCUT2D eigenvalue weighted by Crippen LogP contribution is 2.12. The predicted molar refractivity (Wildman–Crippen MR) is 81.2 cm³/mol. The maximum absolute atomic E-state index is 12.0. The second-order valence-electron chi connectivity index (χ2n) is 5.31. The Balaban J connectivity index is 2.08. The van der Waals surface area contributed by atoms with Crippen LogP contribution in [0, 0.1) is 5.92 Å². The molecule has 0 aromatic carbocycles. The SMILES string of the molecule is CC(CS)Cn1ncc(N2CCN(C)CC2)cc1=O. The molecule has 1 atom stereocenters. The van der Waals surface area contributed by atoms with Gasteiger partial charge in [0.1, 0.15) is 0 Å². The topological polar surface area (TPSA) is 41.4 Å². The number of anilines is 1. The van der Waals surface area contributed by atoms with Gasteiger partial charge in [-0.1, -0.05) is 6.92 Å². The average molecular weight is 282 g/mol. The molecule has 1 unspecified atom stereocenters. The van der Waals surface area contributed by atoms with E-state index < -0.39 is 0 Å². The third-order valence-electron chi connectivity index (χ3n) is 3.52. The van der Waals surface area contributed by atoms with Gasteiger partial charge in [0, 0.05) is 38.8 Å². The molecule has 1 saturated heterocycles. The number of thiol groups is 1. The maximum Gasteiger partial charge on any atom is 0.268 e. The summed E-state index contributed by atoms with van der Waals surface area (Å²) < 4.78 is 1.53. The smallest absolute Gasteiger partial charge is 0.268 e. The monoisotopic (exact) mass is 282 g/mol. The minimum atomic E-state index is -0.0231. The van der Waals surface area contributed by atoms with Crippen LogP contribution < -0.4 is 10.5 Å². The Morgan fingerprint density at radius 2 is 2.05 bits per heavy atom. The number of aromatic nitrogens is 2. The van der Waals surface area contributed by atoms with E-state index in [4.69, 9.17) is 0 Å². The van der Waals surface area contributed by atoms with Crippen LogP contribution in [0.4, 0.5) is 5.69 Å². The lowest BCUT2D eigenvalue weighted by Gasteiger charge is -2.33. The number of hydrogen-bond acceptors (Lipinski definition) is 5. The van der Waals surface area contributed by atoms with Crippen LogP contribution in [0.5, 0.6) is 0 Å². The molecular weight excluding hydrogens is 260 g/mol. The van der Waals surface area contributed by atoms with Crippen molar-refractivity contribution in [3.63, 3.8) is 0 Å². The third kappa shape index (κ3) is 3.73. The Morgan fingerprint density at radius 1 is 1.37 bits per heavy atom. The highest BCUT2D eigenvalue weighted by molar-refractivity contribution is 7.80. The van der Waals surface area contributed by atoms with Gasteiger partial charge in [0.2, 0.25) is 0 Å². The predicted octanol–water partition coefficient (Wildman–Crippen LogP) is 0.561. The van der Waals surface area contributed by atoms with Gasteiger partial charge in [0.05, 0.1) is 11.9 Å². The average Bonchev–Trinajstić information content (AvgIpc) is 2.41. The Labute approximate surface area is 119 Å². The van der Waals surface area contributed by atoms with Crippen molar-refractivity contribution in [3.8, 4) is 0 Å². The van der Waals surface area contributed by atoms with Crippen molar-refractivity contribution >= 4 is 18.3 Å². The summed E-state index contributed by atoms with van der Waals surface area (Å²) in [7, 11) is 2.12. The second-order valence-corrected chi connectivity index (χ2v) is 5.68. The Hall–Kier alpha value is -1.01. The van der Waals surface area contributed by atoms with Crippen molar-refractivity contribution in [1.82, 2.24) is 14.7 Å². The summed E-state index contributed by atoms with van der Waals surface area (Å²) in [5.74, 6) is 1.11. The van der Waals surface area contributed by atoms with E-state index in [2.05, 4.69) is 41.5 Å². The van der Waals surface area contributed by atoms with Crippen LogP contribution >= 0.6 is 12.6 Å². The van der Waals surface area contributed by atoms with E-state index in [1.165, 1.54) is 4.68 Å². The summed E-state index contributed by atoms with van der Waals surface area (Å²) in [6.07, 6.45) is 1.80. The standard InChI is InChI=1S/C13H22N4OS/c1-11(10-19)9-17-13(18)7-12(8-14-17)16-5-3-15(2)4-6-16/h7-8,11,19H,3-6,9-10H2,1-2H3. The Bertz CT molecular complexity index is 468. The molecular formula is C13H22N4OS. The van der Waals surface area contributed by atoms with Crippen molar-refractivity contribution in [3.05, 3.63) is 22.6 Å². The zero-order valence-electron chi connectivity index (χ0n) is 11.6. The van der Waals surface area contributed by atoms with Crippen molar-refractivity contribution in [2.75, 3.05) is 43.9 Å². The molecule has 0 saturated carbocycles. The van der Waals surface area contributed by atoms with Crippen LogP contribution in [0.15, 0.2) is 17.1 Å². The fourth-order valence-electron chi connectivity index (χ4n) is 2.15. The van der Waals surface area contributed by atoms with Crippen LogP contribution in [0.3, 0.4) is 0 Å². The molecule has 0 N–H and O–H groups in total. The largest absolute Gasteiger partial charge is 0.368 e. The first-order valence-electron chi connectivity index (χ1n) is 6.71. The number of hydrogen-bond donors (Lipinski definition) is 1. The van der Waals surface area contributed by atoms with E-state index in [-0.39, 0.29) is 5.56 Å². The zero-order chi connectivity index (χ0) is 13.8. The fraction of sp³-hybridized carbons (Fsp3) is 0.692. The van der Waals surface area contributed by atoms with E-state index in [1.54, 1.807) is 12.3 Å². The summed E-state index contributed by atoms with van der Waals surface area (Å²) in [6.45, 7) is 6.66. The van der Waals surface area contributed by atoms with Crippen molar-refractivity contribution in [2.45, 2.75) is 13.5 Å². The number of likely N-dealkylation sites (N-methyl/N-ethyl adjacent to an activating group) is 1. The molecule has 1 aliphatic rings. The lowest BCUT2D eigenvalue weighted by molar-refractivity contribution is 0.312.